The summed E-state index contributed by atoms with van der Waals surface area (Å²) < 4.78 is 63.7. The molecule has 2 rings (SSSR count). The zero-order valence-corrected chi connectivity index (χ0v) is 10.5. The SMILES string of the molecule is N=C(N)c1cn2ccnc2c(CCC(F)(F)C(F)(F)F)n1. The van der Waals surface area contributed by atoms with Gasteiger partial charge in [-0.25, -0.2) is 9.97 Å². The van der Waals surface area contributed by atoms with Gasteiger partial charge in [-0.3, -0.25) is 5.41 Å². The fourth-order valence-electron chi connectivity index (χ4n) is 1.71. The van der Waals surface area contributed by atoms with E-state index in [0.29, 0.717) is 0 Å². The molecule has 0 aliphatic heterocycles. The highest BCUT2D eigenvalue weighted by Gasteiger charge is 2.56. The summed E-state index contributed by atoms with van der Waals surface area (Å²) in [5, 5.41) is 7.27. The van der Waals surface area contributed by atoms with E-state index < -0.39 is 30.8 Å². The summed E-state index contributed by atoms with van der Waals surface area (Å²) in [6.45, 7) is 0. The number of hydrogen-bond acceptors (Lipinski definition) is 3. The van der Waals surface area contributed by atoms with Crippen molar-refractivity contribution in [2.45, 2.75) is 24.9 Å². The minimum Gasteiger partial charge on any atom is -0.382 e. The number of nitrogens with two attached hydrogens (primary N) is 1. The number of rotatable bonds is 4. The number of alkyl halides is 5. The normalized spacial score (nSPS) is 12.8. The standard InChI is InChI=1S/C11H10F5N5/c12-10(13,11(14,15)16)2-1-6-9-19-3-4-21(9)5-7(20-6)8(17)18/h3-5H,1-2H2,(H3,17,18). The van der Waals surface area contributed by atoms with Crippen molar-refractivity contribution in [2.24, 2.45) is 5.73 Å². The Morgan fingerprint density at radius 1 is 1.29 bits per heavy atom. The van der Waals surface area contributed by atoms with Crippen molar-refractivity contribution in [3.05, 3.63) is 30.0 Å². The fraction of sp³-hybridized carbons (Fsp3) is 0.364. The predicted octanol–water partition coefficient (Wildman–Crippen LogP) is 2.14. The maximum Gasteiger partial charge on any atom is 0.453 e. The number of nitrogens with one attached hydrogen (secondary N) is 1. The van der Waals surface area contributed by atoms with Crippen molar-refractivity contribution in [1.82, 2.24) is 14.4 Å². The van der Waals surface area contributed by atoms with Crippen LogP contribution in [-0.2, 0) is 6.42 Å². The minimum atomic E-state index is -5.61. The van der Waals surface area contributed by atoms with Crippen molar-refractivity contribution in [2.75, 3.05) is 0 Å². The molecule has 114 valence electrons. The van der Waals surface area contributed by atoms with Gasteiger partial charge in [0, 0.05) is 25.0 Å². The maximum atomic E-state index is 13.0. The van der Waals surface area contributed by atoms with Crippen LogP contribution in [-0.4, -0.2) is 32.3 Å². The Morgan fingerprint density at radius 2 is 1.95 bits per heavy atom. The van der Waals surface area contributed by atoms with Gasteiger partial charge in [-0.2, -0.15) is 22.0 Å². The first-order valence-corrected chi connectivity index (χ1v) is 5.73. The first kappa shape index (κ1) is 15.1. The Bertz CT molecular complexity index is 675. The molecule has 2 aromatic rings. The van der Waals surface area contributed by atoms with Crippen molar-refractivity contribution >= 4 is 11.5 Å². The van der Waals surface area contributed by atoms with Crippen LogP contribution in [0.15, 0.2) is 18.6 Å². The van der Waals surface area contributed by atoms with Crippen LogP contribution in [0, 0.1) is 5.41 Å². The molecule has 0 radical (unpaired) electrons. The molecule has 0 aliphatic carbocycles. The Hall–Kier alpha value is -2.26. The van der Waals surface area contributed by atoms with Gasteiger partial charge in [0.15, 0.2) is 5.65 Å². The third kappa shape index (κ3) is 2.93. The van der Waals surface area contributed by atoms with E-state index in [0.717, 1.165) is 0 Å². The second kappa shape index (κ2) is 4.93. The summed E-state index contributed by atoms with van der Waals surface area (Å²) in [4.78, 5) is 7.67. The highest BCUT2D eigenvalue weighted by Crippen LogP contribution is 2.38. The van der Waals surface area contributed by atoms with Crippen LogP contribution in [0.1, 0.15) is 17.8 Å². The number of aromatic nitrogens is 3. The Balaban J connectivity index is 2.34. The van der Waals surface area contributed by atoms with E-state index in [9.17, 15) is 22.0 Å². The fourth-order valence-corrected chi connectivity index (χ4v) is 1.71. The van der Waals surface area contributed by atoms with E-state index in [4.69, 9.17) is 11.1 Å². The summed E-state index contributed by atoms with van der Waals surface area (Å²) in [5.74, 6) is -5.24. The molecule has 0 unspecified atom stereocenters. The number of amidine groups is 1. The van der Waals surface area contributed by atoms with Crippen molar-refractivity contribution in [3.63, 3.8) is 0 Å². The van der Waals surface area contributed by atoms with Gasteiger partial charge in [0.1, 0.15) is 11.5 Å². The van der Waals surface area contributed by atoms with Gasteiger partial charge < -0.3 is 10.1 Å². The lowest BCUT2D eigenvalue weighted by molar-refractivity contribution is -0.284. The average Bonchev–Trinajstić information content (AvgIpc) is 2.82. The molecule has 10 heteroatoms. The van der Waals surface area contributed by atoms with Gasteiger partial charge in [-0.1, -0.05) is 0 Å². The highest BCUT2D eigenvalue weighted by molar-refractivity contribution is 5.93. The Kier molecular flexibility index (Phi) is 3.56. The van der Waals surface area contributed by atoms with Crippen LogP contribution in [0.3, 0.4) is 0 Å². The topological polar surface area (TPSA) is 80.1 Å². The number of hydrogen-bond donors (Lipinski definition) is 2. The molecule has 0 saturated heterocycles. The molecule has 0 saturated carbocycles. The molecule has 0 amide bonds. The molecule has 3 N–H and O–H groups in total. The average molecular weight is 307 g/mol. The summed E-state index contributed by atoms with van der Waals surface area (Å²) in [5.41, 5.74) is 5.31. The lowest BCUT2D eigenvalue weighted by Crippen LogP contribution is -2.36. The van der Waals surface area contributed by atoms with Gasteiger partial charge in [-0.15, -0.1) is 0 Å². The minimum absolute atomic E-state index is 0.0224. The third-order valence-electron chi connectivity index (χ3n) is 2.81. The maximum absolute atomic E-state index is 13.0. The van der Waals surface area contributed by atoms with Crippen molar-refractivity contribution < 1.29 is 22.0 Å². The van der Waals surface area contributed by atoms with Crippen LogP contribution < -0.4 is 5.73 Å². The molecule has 2 aromatic heterocycles. The molecule has 0 spiro atoms. The molecular weight excluding hydrogens is 297 g/mol. The van der Waals surface area contributed by atoms with E-state index >= 15 is 0 Å². The summed E-state index contributed by atoms with van der Waals surface area (Å²) >= 11 is 0. The van der Waals surface area contributed by atoms with E-state index in [2.05, 4.69) is 9.97 Å². The molecular formula is C11H10F5N5. The Labute approximate surface area is 115 Å². The van der Waals surface area contributed by atoms with E-state index in [1.54, 1.807) is 0 Å². The van der Waals surface area contributed by atoms with E-state index in [1.165, 1.54) is 23.0 Å². The van der Waals surface area contributed by atoms with Gasteiger partial charge in [0.2, 0.25) is 0 Å². The zero-order valence-electron chi connectivity index (χ0n) is 10.5. The number of aryl methyl sites for hydroxylation is 1. The largest absolute Gasteiger partial charge is 0.453 e. The van der Waals surface area contributed by atoms with E-state index in [-0.39, 0.29) is 17.0 Å². The first-order chi connectivity index (χ1) is 9.62. The number of nitrogens with zero attached hydrogens (tertiary/aromatic N) is 3. The molecule has 0 fully saturated rings. The van der Waals surface area contributed by atoms with Crippen LogP contribution in [0.4, 0.5) is 22.0 Å². The Morgan fingerprint density at radius 3 is 2.52 bits per heavy atom. The molecule has 0 bridgehead atoms. The molecule has 2 heterocycles. The second-order valence-electron chi connectivity index (χ2n) is 4.35. The van der Waals surface area contributed by atoms with Crippen LogP contribution in [0.5, 0.6) is 0 Å². The van der Waals surface area contributed by atoms with Gasteiger partial charge in [0.25, 0.3) is 0 Å². The molecule has 21 heavy (non-hydrogen) atoms. The quantitative estimate of drug-likeness (QED) is 0.516. The van der Waals surface area contributed by atoms with Crippen LogP contribution in [0.2, 0.25) is 0 Å². The predicted molar refractivity (Wildman–Crippen MR) is 63.3 cm³/mol. The monoisotopic (exact) mass is 307 g/mol. The number of nitrogen functional groups attached to an aromatic ring is 1. The lowest BCUT2D eigenvalue weighted by Gasteiger charge is -2.19. The number of imidazole rings is 1. The van der Waals surface area contributed by atoms with Gasteiger partial charge in [-0.05, 0) is 6.42 Å². The van der Waals surface area contributed by atoms with Crippen LogP contribution in [0.25, 0.3) is 5.65 Å². The summed E-state index contributed by atoms with van der Waals surface area (Å²) in [6.07, 6.45) is -3.57. The number of halogens is 5. The highest BCUT2D eigenvalue weighted by atomic mass is 19.4. The first-order valence-electron chi connectivity index (χ1n) is 5.73. The van der Waals surface area contributed by atoms with Crippen molar-refractivity contribution in [1.29, 1.82) is 5.41 Å². The smallest absolute Gasteiger partial charge is 0.382 e. The van der Waals surface area contributed by atoms with Crippen molar-refractivity contribution in [3.8, 4) is 0 Å². The summed E-state index contributed by atoms with van der Waals surface area (Å²) in [6, 6.07) is 0. The number of fused-ring (bicyclic) bond motifs is 1. The second-order valence-corrected chi connectivity index (χ2v) is 4.35. The molecule has 5 nitrogen and oxygen atoms in total. The summed E-state index contributed by atoms with van der Waals surface area (Å²) in [7, 11) is 0. The lowest BCUT2D eigenvalue weighted by atomic mass is 10.1. The molecule has 0 aliphatic rings. The van der Waals surface area contributed by atoms with E-state index in [1.807, 2.05) is 0 Å². The third-order valence-corrected chi connectivity index (χ3v) is 2.81. The van der Waals surface area contributed by atoms with Gasteiger partial charge in [0.05, 0.1) is 5.69 Å². The zero-order chi connectivity index (χ0) is 15.8. The molecule has 0 aromatic carbocycles. The van der Waals surface area contributed by atoms with Gasteiger partial charge >= 0.3 is 12.1 Å². The molecule has 0 atom stereocenters. The van der Waals surface area contributed by atoms with Crippen LogP contribution >= 0.6 is 0 Å².